The molecule has 3 heteroatoms. The van der Waals surface area contributed by atoms with Gasteiger partial charge in [0.25, 0.3) is 0 Å². The summed E-state index contributed by atoms with van der Waals surface area (Å²) in [5.74, 6) is 0. The van der Waals surface area contributed by atoms with Crippen LogP contribution in [0.2, 0.25) is 0 Å². The van der Waals surface area contributed by atoms with Gasteiger partial charge in [0.15, 0.2) is 0 Å². The number of benzene rings is 1. The van der Waals surface area contributed by atoms with Crippen LogP contribution in [0.4, 0.5) is 0 Å². The summed E-state index contributed by atoms with van der Waals surface area (Å²) >= 11 is 0. The second-order valence-electron chi connectivity index (χ2n) is 4.05. The van der Waals surface area contributed by atoms with E-state index in [0.717, 1.165) is 11.0 Å². The first kappa shape index (κ1) is 8.49. The van der Waals surface area contributed by atoms with Crippen molar-refractivity contribution in [1.29, 1.82) is 5.26 Å². The minimum atomic E-state index is 0.601. The average molecular weight is 197 g/mol. The highest BCUT2D eigenvalue weighted by Gasteiger charge is 2.20. The fourth-order valence-electron chi connectivity index (χ4n) is 2.05. The van der Waals surface area contributed by atoms with E-state index in [1.165, 1.54) is 19.3 Å². The van der Waals surface area contributed by atoms with Crippen molar-refractivity contribution in [3.05, 3.63) is 30.1 Å². The summed E-state index contributed by atoms with van der Waals surface area (Å²) in [5.41, 5.74) is 2.79. The molecular formula is C12H11N3. The topological polar surface area (TPSA) is 41.6 Å². The van der Waals surface area contributed by atoms with Crippen molar-refractivity contribution < 1.29 is 0 Å². The Morgan fingerprint density at radius 1 is 1.40 bits per heavy atom. The van der Waals surface area contributed by atoms with Crippen molar-refractivity contribution in [2.24, 2.45) is 0 Å². The number of fused-ring (bicyclic) bond motifs is 1. The second-order valence-corrected chi connectivity index (χ2v) is 4.05. The van der Waals surface area contributed by atoms with E-state index in [0.29, 0.717) is 11.6 Å². The van der Waals surface area contributed by atoms with Crippen LogP contribution in [-0.4, -0.2) is 9.55 Å². The van der Waals surface area contributed by atoms with Crippen molar-refractivity contribution in [3.8, 4) is 6.07 Å². The summed E-state index contributed by atoms with van der Waals surface area (Å²) in [4.78, 5) is 4.35. The van der Waals surface area contributed by atoms with E-state index < -0.39 is 0 Å². The molecule has 1 aliphatic rings. The minimum Gasteiger partial charge on any atom is -0.327 e. The quantitative estimate of drug-likeness (QED) is 0.705. The Hall–Kier alpha value is -1.82. The number of imidazole rings is 1. The predicted octanol–water partition coefficient (Wildman–Crippen LogP) is 2.63. The molecule has 0 N–H and O–H groups in total. The van der Waals surface area contributed by atoms with Crippen LogP contribution in [0.3, 0.4) is 0 Å². The number of nitrogens with zero attached hydrogens (tertiary/aromatic N) is 3. The highest BCUT2D eigenvalue weighted by Crippen LogP contribution is 2.33. The molecule has 1 heterocycles. The monoisotopic (exact) mass is 197 g/mol. The molecule has 0 atom stereocenters. The van der Waals surface area contributed by atoms with E-state index in [1.807, 2.05) is 24.5 Å². The normalized spacial score (nSPS) is 16.2. The zero-order chi connectivity index (χ0) is 10.3. The fourth-order valence-corrected chi connectivity index (χ4v) is 2.05. The minimum absolute atomic E-state index is 0.601. The maximum Gasteiger partial charge on any atom is 0.0992 e. The van der Waals surface area contributed by atoms with E-state index in [1.54, 1.807) is 0 Å². The summed E-state index contributed by atoms with van der Waals surface area (Å²) in [6.07, 6.45) is 5.68. The molecule has 0 amide bonds. The molecule has 74 valence electrons. The van der Waals surface area contributed by atoms with Gasteiger partial charge in [-0.15, -0.1) is 0 Å². The van der Waals surface area contributed by atoms with Crippen LogP contribution in [-0.2, 0) is 0 Å². The summed E-state index contributed by atoms with van der Waals surface area (Å²) in [6.45, 7) is 0. The molecule has 0 bridgehead atoms. The lowest BCUT2D eigenvalue weighted by Crippen LogP contribution is -2.15. The van der Waals surface area contributed by atoms with Gasteiger partial charge in [0.1, 0.15) is 0 Å². The molecule has 3 rings (SSSR count). The van der Waals surface area contributed by atoms with Gasteiger partial charge in [0.2, 0.25) is 0 Å². The zero-order valence-electron chi connectivity index (χ0n) is 8.35. The number of hydrogen-bond acceptors (Lipinski definition) is 2. The number of hydrogen-bond donors (Lipinski definition) is 0. The first-order valence-electron chi connectivity index (χ1n) is 5.25. The molecular weight excluding hydrogens is 186 g/mol. The molecule has 3 nitrogen and oxygen atoms in total. The zero-order valence-corrected chi connectivity index (χ0v) is 8.35. The predicted molar refractivity (Wildman–Crippen MR) is 57.3 cm³/mol. The third-order valence-electron chi connectivity index (χ3n) is 3.17. The van der Waals surface area contributed by atoms with Crippen molar-refractivity contribution in [2.75, 3.05) is 0 Å². The molecule has 0 unspecified atom stereocenters. The van der Waals surface area contributed by atoms with E-state index in [9.17, 15) is 0 Å². The highest BCUT2D eigenvalue weighted by atomic mass is 15.1. The summed E-state index contributed by atoms with van der Waals surface area (Å²) in [6, 6.07) is 8.44. The van der Waals surface area contributed by atoms with E-state index in [4.69, 9.17) is 5.26 Å². The van der Waals surface area contributed by atoms with Gasteiger partial charge in [-0.1, -0.05) is 0 Å². The van der Waals surface area contributed by atoms with Gasteiger partial charge in [-0.25, -0.2) is 4.98 Å². The lowest BCUT2D eigenvalue weighted by Gasteiger charge is -2.27. The van der Waals surface area contributed by atoms with Crippen molar-refractivity contribution in [3.63, 3.8) is 0 Å². The second kappa shape index (κ2) is 3.09. The molecule has 0 spiro atoms. The van der Waals surface area contributed by atoms with Crippen LogP contribution in [0.15, 0.2) is 24.5 Å². The summed E-state index contributed by atoms with van der Waals surface area (Å²) in [7, 11) is 0. The average Bonchev–Trinajstić information content (AvgIpc) is 2.59. The third kappa shape index (κ3) is 1.22. The van der Waals surface area contributed by atoms with E-state index >= 15 is 0 Å². The Morgan fingerprint density at radius 3 is 2.93 bits per heavy atom. The smallest absolute Gasteiger partial charge is 0.0992 e. The lowest BCUT2D eigenvalue weighted by molar-refractivity contribution is 0.320. The number of rotatable bonds is 1. The van der Waals surface area contributed by atoms with Crippen molar-refractivity contribution in [1.82, 2.24) is 9.55 Å². The standard InChI is InChI=1S/C12H11N3/c13-7-9-4-5-11-12(6-9)15(8-14-11)10-2-1-3-10/h4-6,8,10H,1-3H2. The van der Waals surface area contributed by atoms with Gasteiger partial charge >= 0.3 is 0 Å². The van der Waals surface area contributed by atoms with Crippen molar-refractivity contribution >= 4 is 11.0 Å². The first-order chi connectivity index (χ1) is 7.38. The van der Waals surface area contributed by atoms with Crippen LogP contribution in [0.1, 0.15) is 30.9 Å². The molecule has 0 aliphatic heterocycles. The molecule has 1 saturated carbocycles. The van der Waals surface area contributed by atoms with Crippen LogP contribution in [0.5, 0.6) is 0 Å². The highest BCUT2D eigenvalue weighted by molar-refractivity contribution is 5.77. The maximum absolute atomic E-state index is 8.86. The molecule has 1 aliphatic carbocycles. The molecule has 2 aromatic rings. The number of nitriles is 1. The largest absolute Gasteiger partial charge is 0.327 e. The molecule has 1 aromatic carbocycles. The van der Waals surface area contributed by atoms with Gasteiger partial charge in [0, 0.05) is 6.04 Å². The van der Waals surface area contributed by atoms with E-state index in [-0.39, 0.29) is 0 Å². The van der Waals surface area contributed by atoms with Gasteiger partial charge in [-0.05, 0) is 37.5 Å². The number of aromatic nitrogens is 2. The Morgan fingerprint density at radius 2 is 2.27 bits per heavy atom. The van der Waals surface area contributed by atoms with Gasteiger partial charge < -0.3 is 4.57 Å². The Kier molecular flexibility index (Phi) is 1.75. The van der Waals surface area contributed by atoms with Crippen LogP contribution >= 0.6 is 0 Å². The molecule has 0 radical (unpaired) electrons. The third-order valence-corrected chi connectivity index (χ3v) is 3.17. The Balaban J connectivity index is 2.18. The van der Waals surface area contributed by atoms with Crippen molar-refractivity contribution in [2.45, 2.75) is 25.3 Å². The first-order valence-corrected chi connectivity index (χ1v) is 5.25. The van der Waals surface area contributed by atoms with Crippen LogP contribution < -0.4 is 0 Å². The van der Waals surface area contributed by atoms with Crippen LogP contribution in [0.25, 0.3) is 11.0 Å². The lowest BCUT2D eigenvalue weighted by atomic mass is 9.93. The summed E-state index contributed by atoms with van der Waals surface area (Å²) in [5, 5.41) is 8.86. The van der Waals surface area contributed by atoms with Gasteiger partial charge in [-0.2, -0.15) is 5.26 Å². The van der Waals surface area contributed by atoms with Gasteiger partial charge in [-0.3, -0.25) is 0 Å². The molecule has 1 fully saturated rings. The SMILES string of the molecule is N#Cc1ccc2ncn(C3CCC3)c2c1. The Bertz CT molecular complexity index is 543. The Labute approximate surface area is 88.0 Å². The van der Waals surface area contributed by atoms with Crippen LogP contribution in [0, 0.1) is 11.3 Å². The fraction of sp³-hybridized carbons (Fsp3) is 0.333. The maximum atomic E-state index is 8.86. The molecule has 0 saturated heterocycles. The molecule has 15 heavy (non-hydrogen) atoms. The van der Waals surface area contributed by atoms with E-state index in [2.05, 4.69) is 15.6 Å². The van der Waals surface area contributed by atoms with Gasteiger partial charge in [0.05, 0.1) is 29.0 Å². The summed E-state index contributed by atoms with van der Waals surface area (Å²) < 4.78 is 2.21. The molecule has 1 aromatic heterocycles.